The molecule has 0 heterocycles. The Labute approximate surface area is 108 Å². The molecule has 0 radical (unpaired) electrons. The van der Waals surface area contributed by atoms with E-state index in [4.69, 9.17) is 0 Å². The lowest BCUT2D eigenvalue weighted by atomic mass is 9.61. The highest BCUT2D eigenvalue weighted by Crippen LogP contribution is 2.57. The summed E-state index contributed by atoms with van der Waals surface area (Å²) in [6, 6.07) is 0. The van der Waals surface area contributed by atoms with E-state index < -0.39 is 5.97 Å². The summed E-state index contributed by atoms with van der Waals surface area (Å²) in [6.07, 6.45) is 4.80. The van der Waals surface area contributed by atoms with Crippen LogP contribution in [0.1, 0.15) is 46.5 Å². The number of Topliss-reactive ketones (excluding diaryl/α,β-unsaturated/α-hetero) is 1. The molecule has 0 saturated heterocycles. The lowest BCUT2D eigenvalue weighted by Gasteiger charge is -2.42. The maximum absolute atomic E-state index is 12.0. The first-order valence-electron chi connectivity index (χ1n) is 6.81. The van der Waals surface area contributed by atoms with Gasteiger partial charge < -0.3 is 5.11 Å². The minimum Gasteiger partial charge on any atom is -0.481 e. The van der Waals surface area contributed by atoms with Crippen LogP contribution in [0, 0.1) is 23.2 Å². The van der Waals surface area contributed by atoms with Crippen LogP contribution >= 0.6 is 0 Å². The van der Waals surface area contributed by atoms with Gasteiger partial charge in [-0.15, -0.1) is 0 Å². The fourth-order valence-corrected chi connectivity index (χ4v) is 4.06. The summed E-state index contributed by atoms with van der Waals surface area (Å²) in [5.74, 6) is -0.141. The van der Waals surface area contributed by atoms with Gasteiger partial charge in [0.15, 0.2) is 5.78 Å². The molecule has 18 heavy (non-hydrogen) atoms. The number of carbonyl (C=O) groups excluding carboxylic acids is 1. The zero-order valence-electron chi connectivity index (χ0n) is 11.4. The lowest BCUT2D eigenvalue weighted by molar-refractivity contribution is -0.147. The van der Waals surface area contributed by atoms with Crippen LogP contribution < -0.4 is 0 Å². The Kier molecular flexibility index (Phi) is 3.35. The molecule has 0 bridgehead atoms. The van der Waals surface area contributed by atoms with E-state index in [2.05, 4.69) is 13.8 Å². The molecule has 0 unspecified atom stereocenters. The fraction of sp³-hybridized carbons (Fsp3) is 0.733. The van der Waals surface area contributed by atoms with E-state index in [0.717, 1.165) is 24.8 Å². The average molecular weight is 250 g/mol. The molecule has 0 aromatic heterocycles. The van der Waals surface area contributed by atoms with E-state index in [-0.39, 0.29) is 17.1 Å². The number of carboxylic acids is 1. The van der Waals surface area contributed by atoms with Gasteiger partial charge >= 0.3 is 5.97 Å². The number of ketones is 1. The SMILES string of the molecule is CC1=CC[C@@]2(CC1=O)[C@@H](C(=O)O)CC[C@H]2C(C)C. The van der Waals surface area contributed by atoms with Crippen LogP contribution in [0.25, 0.3) is 0 Å². The largest absolute Gasteiger partial charge is 0.481 e. The second kappa shape index (κ2) is 4.52. The van der Waals surface area contributed by atoms with Crippen LogP contribution in [0.3, 0.4) is 0 Å². The highest BCUT2D eigenvalue weighted by atomic mass is 16.4. The van der Waals surface area contributed by atoms with Crippen LogP contribution in [-0.4, -0.2) is 16.9 Å². The van der Waals surface area contributed by atoms with Crippen LogP contribution in [-0.2, 0) is 9.59 Å². The van der Waals surface area contributed by atoms with Gasteiger partial charge in [-0.05, 0) is 49.0 Å². The Morgan fingerprint density at radius 3 is 2.61 bits per heavy atom. The average Bonchev–Trinajstić information content (AvgIpc) is 2.63. The molecule has 1 spiro atoms. The number of aliphatic carboxylic acids is 1. The van der Waals surface area contributed by atoms with E-state index in [9.17, 15) is 14.7 Å². The topological polar surface area (TPSA) is 54.4 Å². The Morgan fingerprint density at radius 2 is 2.11 bits per heavy atom. The van der Waals surface area contributed by atoms with Crippen molar-refractivity contribution >= 4 is 11.8 Å². The zero-order chi connectivity index (χ0) is 13.5. The summed E-state index contributed by atoms with van der Waals surface area (Å²) in [5, 5.41) is 9.45. The number of rotatable bonds is 2. The first kappa shape index (κ1) is 13.3. The Bertz CT molecular complexity index is 408. The molecule has 0 amide bonds. The molecule has 3 nitrogen and oxygen atoms in total. The predicted octanol–water partition coefficient (Wildman–Crippen LogP) is 3.05. The highest BCUT2D eigenvalue weighted by Gasteiger charge is 2.55. The third kappa shape index (κ3) is 1.90. The summed E-state index contributed by atoms with van der Waals surface area (Å²) in [7, 11) is 0. The third-order valence-electron chi connectivity index (χ3n) is 5.02. The van der Waals surface area contributed by atoms with Crippen LogP contribution in [0.15, 0.2) is 11.6 Å². The Morgan fingerprint density at radius 1 is 1.44 bits per heavy atom. The third-order valence-corrected chi connectivity index (χ3v) is 5.02. The van der Waals surface area contributed by atoms with Gasteiger partial charge in [0.05, 0.1) is 5.92 Å². The molecule has 0 aromatic rings. The summed E-state index contributed by atoms with van der Waals surface area (Å²) >= 11 is 0. The quantitative estimate of drug-likeness (QED) is 0.819. The predicted molar refractivity (Wildman–Crippen MR) is 69.1 cm³/mol. The number of hydrogen-bond donors (Lipinski definition) is 1. The Balaban J connectivity index is 2.40. The molecule has 100 valence electrons. The van der Waals surface area contributed by atoms with Crippen molar-refractivity contribution in [1.29, 1.82) is 0 Å². The summed E-state index contributed by atoms with van der Waals surface area (Å²) in [5.41, 5.74) is 0.482. The van der Waals surface area contributed by atoms with Gasteiger partial charge in [0.2, 0.25) is 0 Å². The monoisotopic (exact) mass is 250 g/mol. The van der Waals surface area contributed by atoms with Crippen LogP contribution in [0.2, 0.25) is 0 Å². The number of hydrogen-bond acceptors (Lipinski definition) is 2. The molecule has 1 saturated carbocycles. The molecular formula is C15H22O3. The van der Waals surface area contributed by atoms with Crippen LogP contribution in [0.4, 0.5) is 0 Å². The number of allylic oxidation sites excluding steroid dienone is 2. The summed E-state index contributed by atoms with van der Waals surface area (Å²) in [6.45, 7) is 6.13. The van der Waals surface area contributed by atoms with Crippen molar-refractivity contribution in [2.75, 3.05) is 0 Å². The van der Waals surface area contributed by atoms with E-state index in [0.29, 0.717) is 18.3 Å². The molecule has 2 aliphatic rings. The van der Waals surface area contributed by atoms with E-state index >= 15 is 0 Å². The van der Waals surface area contributed by atoms with Crippen molar-refractivity contribution in [1.82, 2.24) is 0 Å². The minimum atomic E-state index is -0.723. The van der Waals surface area contributed by atoms with Gasteiger partial charge in [-0.3, -0.25) is 9.59 Å². The van der Waals surface area contributed by atoms with E-state index in [1.165, 1.54) is 0 Å². The standard InChI is InChI=1S/C15H22O3/c1-9(2)11-4-5-12(14(17)18)15(11)7-6-10(3)13(16)8-15/h6,9,11-12H,4-5,7-8H2,1-3H3,(H,17,18)/t11-,12+,15-/m0/s1. The van der Waals surface area contributed by atoms with E-state index in [1.54, 1.807) is 0 Å². The number of carboxylic acid groups (broad SMARTS) is 1. The molecule has 1 fully saturated rings. The van der Waals surface area contributed by atoms with Crippen molar-refractivity contribution < 1.29 is 14.7 Å². The second-order valence-electron chi connectivity index (χ2n) is 6.24. The first-order chi connectivity index (χ1) is 8.38. The van der Waals surface area contributed by atoms with Crippen molar-refractivity contribution in [3.8, 4) is 0 Å². The molecule has 3 heteroatoms. The molecule has 3 atom stereocenters. The van der Waals surface area contributed by atoms with Gasteiger partial charge in [0, 0.05) is 6.42 Å². The summed E-state index contributed by atoms with van der Waals surface area (Å²) in [4.78, 5) is 23.5. The van der Waals surface area contributed by atoms with Gasteiger partial charge in [0.25, 0.3) is 0 Å². The molecule has 0 aliphatic heterocycles. The fourth-order valence-electron chi connectivity index (χ4n) is 4.06. The maximum atomic E-state index is 12.0. The zero-order valence-corrected chi connectivity index (χ0v) is 11.4. The van der Waals surface area contributed by atoms with E-state index in [1.807, 2.05) is 13.0 Å². The van der Waals surface area contributed by atoms with Gasteiger partial charge in [0.1, 0.15) is 0 Å². The number of carbonyl (C=O) groups is 2. The van der Waals surface area contributed by atoms with Gasteiger partial charge in [-0.2, -0.15) is 0 Å². The van der Waals surface area contributed by atoms with Crippen molar-refractivity contribution in [3.63, 3.8) is 0 Å². The first-order valence-corrected chi connectivity index (χ1v) is 6.81. The Hall–Kier alpha value is -1.12. The maximum Gasteiger partial charge on any atom is 0.307 e. The van der Waals surface area contributed by atoms with Crippen molar-refractivity contribution in [2.24, 2.45) is 23.2 Å². The molecule has 2 rings (SSSR count). The minimum absolute atomic E-state index is 0.139. The van der Waals surface area contributed by atoms with Gasteiger partial charge in [-0.1, -0.05) is 19.9 Å². The molecule has 0 aromatic carbocycles. The van der Waals surface area contributed by atoms with Gasteiger partial charge in [-0.25, -0.2) is 0 Å². The lowest BCUT2D eigenvalue weighted by Crippen LogP contribution is -2.41. The van der Waals surface area contributed by atoms with Crippen molar-refractivity contribution in [2.45, 2.75) is 46.5 Å². The second-order valence-corrected chi connectivity index (χ2v) is 6.24. The molecule has 2 aliphatic carbocycles. The molecule has 1 N–H and O–H groups in total. The van der Waals surface area contributed by atoms with Crippen molar-refractivity contribution in [3.05, 3.63) is 11.6 Å². The normalized spacial score (nSPS) is 36.2. The summed E-state index contributed by atoms with van der Waals surface area (Å²) < 4.78 is 0. The highest BCUT2D eigenvalue weighted by molar-refractivity contribution is 5.96. The van der Waals surface area contributed by atoms with Crippen LogP contribution in [0.5, 0.6) is 0 Å². The molecular weight excluding hydrogens is 228 g/mol. The smallest absolute Gasteiger partial charge is 0.307 e.